The Morgan fingerprint density at radius 2 is 1.76 bits per heavy atom. The van der Waals surface area contributed by atoms with Gasteiger partial charge in [-0.2, -0.15) is 5.10 Å². The number of hydrogen-bond acceptors (Lipinski definition) is 5. The van der Waals surface area contributed by atoms with Crippen LogP contribution in [-0.2, 0) is 6.54 Å². The number of para-hydroxylation sites is 1. The quantitative estimate of drug-likeness (QED) is 0.443. The Hall–Kier alpha value is -3.16. The van der Waals surface area contributed by atoms with E-state index in [2.05, 4.69) is 52.6 Å². The van der Waals surface area contributed by atoms with E-state index in [0.29, 0.717) is 19.7 Å². The van der Waals surface area contributed by atoms with Crippen molar-refractivity contribution >= 4 is 6.08 Å². The van der Waals surface area contributed by atoms with Gasteiger partial charge in [-0.1, -0.05) is 60.2 Å². The van der Waals surface area contributed by atoms with Crippen LogP contribution >= 0.6 is 0 Å². The number of nitrogens with one attached hydrogen (secondary N) is 1. The molecule has 1 saturated heterocycles. The molecule has 0 radical (unpaired) electrons. The number of hydrogen-bond donors (Lipinski definition) is 1. The van der Waals surface area contributed by atoms with Gasteiger partial charge in [-0.05, 0) is 37.5 Å². The Balaban J connectivity index is 1.17. The van der Waals surface area contributed by atoms with Crippen LogP contribution < -0.4 is 15.7 Å². The topological polar surface area (TPSA) is 64.3 Å². The number of rotatable bonds is 11. The molecule has 4 rings (SSSR count). The first kappa shape index (κ1) is 24.0. The molecule has 7 nitrogen and oxygen atoms in total. The Labute approximate surface area is 201 Å². The molecule has 0 spiro atoms. The Morgan fingerprint density at radius 3 is 2.50 bits per heavy atom. The smallest absolute Gasteiger partial charge is 0.346 e. The average Bonchev–Trinajstić information content (AvgIpc) is 3.23. The van der Waals surface area contributed by atoms with Crippen LogP contribution in [0.4, 0.5) is 0 Å². The minimum atomic E-state index is -0.0130. The lowest BCUT2D eigenvalue weighted by Gasteiger charge is -2.32. The van der Waals surface area contributed by atoms with Gasteiger partial charge in [0.1, 0.15) is 18.7 Å². The monoisotopic (exact) mass is 461 g/mol. The Bertz CT molecular complexity index is 1080. The zero-order valence-electron chi connectivity index (χ0n) is 20.0. The molecule has 180 valence electrons. The van der Waals surface area contributed by atoms with Gasteiger partial charge in [0.2, 0.25) is 0 Å². The second-order valence-electron chi connectivity index (χ2n) is 8.86. The molecule has 1 fully saturated rings. The fraction of sp³-hybridized carbons (Fsp3) is 0.407. The van der Waals surface area contributed by atoms with Gasteiger partial charge in [-0.15, -0.1) is 0 Å². The van der Waals surface area contributed by atoms with E-state index >= 15 is 0 Å². The zero-order valence-corrected chi connectivity index (χ0v) is 20.0. The largest absolute Gasteiger partial charge is 0.492 e. The third-order valence-corrected chi connectivity index (χ3v) is 6.18. The predicted octanol–water partition coefficient (Wildman–Crippen LogP) is 3.45. The number of piperidine rings is 1. The van der Waals surface area contributed by atoms with Crippen molar-refractivity contribution in [1.29, 1.82) is 0 Å². The van der Waals surface area contributed by atoms with Gasteiger partial charge in [-0.25, -0.2) is 9.48 Å². The molecule has 1 N–H and O–H groups in total. The minimum absolute atomic E-state index is 0.0130. The summed E-state index contributed by atoms with van der Waals surface area (Å²) in [5.74, 6) is 0.868. The van der Waals surface area contributed by atoms with E-state index in [0.717, 1.165) is 44.8 Å². The summed E-state index contributed by atoms with van der Waals surface area (Å²) in [4.78, 5) is 15.3. The fourth-order valence-electron chi connectivity index (χ4n) is 4.41. The maximum Gasteiger partial charge on any atom is 0.346 e. The molecule has 0 amide bonds. The molecular weight excluding hydrogens is 426 g/mol. The van der Waals surface area contributed by atoms with Crippen LogP contribution in [0.1, 0.15) is 31.4 Å². The predicted molar refractivity (Wildman–Crippen MR) is 136 cm³/mol. The highest BCUT2D eigenvalue weighted by atomic mass is 16.5. The molecule has 3 aromatic rings. The molecular formula is C27H35N5O2. The molecule has 34 heavy (non-hydrogen) atoms. The second kappa shape index (κ2) is 12.3. The van der Waals surface area contributed by atoms with E-state index in [1.54, 1.807) is 11.0 Å². The van der Waals surface area contributed by atoms with Crippen molar-refractivity contribution in [2.45, 2.75) is 32.4 Å². The van der Waals surface area contributed by atoms with Crippen molar-refractivity contribution < 1.29 is 4.74 Å². The van der Waals surface area contributed by atoms with Crippen LogP contribution in [0.3, 0.4) is 0 Å². The normalized spacial score (nSPS) is 15.5. The van der Waals surface area contributed by atoms with E-state index in [4.69, 9.17) is 4.74 Å². The Kier molecular flexibility index (Phi) is 8.71. The van der Waals surface area contributed by atoms with Gasteiger partial charge >= 0.3 is 5.69 Å². The van der Waals surface area contributed by atoms with E-state index in [1.807, 2.05) is 41.0 Å². The lowest BCUT2D eigenvalue weighted by atomic mass is 10.0. The SMILES string of the molecule is CC(=Cc1ccccc1)CN1CCC(n2cnn(CCNCCOc3ccccc3)c2=O)CC1. The summed E-state index contributed by atoms with van der Waals surface area (Å²) in [5, 5.41) is 7.66. The summed E-state index contributed by atoms with van der Waals surface area (Å²) in [6, 6.07) is 20.4. The first-order chi connectivity index (χ1) is 16.7. The van der Waals surface area contributed by atoms with Crippen molar-refractivity contribution in [3.05, 3.63) is 88.6 Å². The summed E-state index contributed by atoms with van der Waals surface area (Å²) in [6.45, 7) is 7.69. The average molecular weight is 462 g/mol. The molecule has 0 bridgehead atoms. The standard InChI is InChI=1S/C27H35N5O2/c1-23(20-24-8-4-2-5-9-24)21-30-16-12-25(13-17-30)31-22-29-32(27(31)33)18-14-28-15-19-34-26-10-6-3-7-11-26/h2-11,20,22,25,28H,12-19,21H2,1H3. The minimum Gasteiger partial charge on any atom is -0.492 e. The molecule has 7 heteroatoms. The van der Waals surface area contributed by atoms with E-state index in [9.17, 15) is 4.79 Å². The zero-order chi connectivity index (χ0) is 23.6. The highest BCUT2D eigenvalue weighted by molar-refractivity contribution is 5.52. The maximum atomic E-state index is 12.8. The van der Waals surface area contributed by atoms with Crippen molar-refractivity contribution in [3.8, 4) is 5.75 Å². The van der Waals surface area contributed by atoms with Gasteiger partial charge in [-0.3, -0.25) is 9.47 Å². The Morgan fingerprint density at radius 1 is 1.06 bits per heavy atom. The molecule has 0 unspecified atom stereocenters. The van der Waals surface area contributed by atoms with Crippen LogP contribution in [0.2, 0.25) is 0 Å². The fourth-order valence-corrected chi connectivity index (χ4v) is 4.41. The molecule has 0 atom stereocenters. The summed E-state index contributed by atoms with van der Waals surface area (Å²) >= 11 is 0. The van der Waals surface area contributed by atoms with E-state index < -0.39 is 0 Å². The van der Waals surface area contributed by atoms with E-state index in [1.165, 1.54) is 11.1 Å². The molecule has 1 aliphatic heterocycles. The number of ether oxygens (including phenoxy) is 1. The molecule has 0 saturated carbocycles. The van der Waals surface area contributed by atoms with Gasteiger partial charge in [0.25, 0.3) is 0 Å². The highest BCUT2D eigenvalue weighted by Crippen LogP contribution is 2.21. The summed E-state index contributed by atoms with van der Waals surface area (Å²) < 4.78 is 9.05. The first-order valence-corrected chi connectivity index (χ1v) is 12.2. The number of likely N-dealkylation sites (tertiary alicyclic amines) is 1. The molecule has 1 aliphatic rings. The van der Waals surface area contributed by atoms with Gasteiger partial charge in [0.05, 0.1) is 6.54 Å². The summed E-state index contributed by atoms with van der Waals surface area (Å²) in [7, 11) is 0. The van der Waals surface area contributed by atoms with Crippen LogP contribution in [0.25, 0.3) is 6.08 Å². The van der Waals surface area contributed by atoms with Crippen molar-refractivity contribution in [2.24, 2.45) is 0 Å². The third-order valence-electron chi connectivity index (χ3n) is 6.18. The van der Waals surface area contributed by atoms with Crippen LogP contribution in [0, 0.1) is 0 Å². The van der Waals surface area contributed by atoms with Gasteiger partial charge in [0.15, 0.2) is 0 Å². The van der Waals surface area contributed by atoms with Gasteiger partial charge < -0.3 is 10.1 Å². The molecule has 2 heterocycles. The van der Waals surface area contributed by atoms with Crippen molar-refractivity contribution in [3.63, 3.8) is 0 Å². The number of benzene rings is 2. The summed E-state index contributed by atoms with van der Waals surface area (Å²) in [5.41, 5.74) is 2.59. The van der Waals surface area contributed by atoms with Gasteiger partial charge in [0, 0.05) is 38.8 Å². The molecule has 0 aliphatic carbocycles. The number of aromatic nitrogens is 3. The van der Waals surface area contributed by atoms with Crippen LogP contribution in [0.15, 0.2) is 77.4 Å². The van der Waals surface area contributed by atoms with Crippen LogP contribution in [-0.4, -0.2) is 58.6 Å². The van der Waals surface area contributed by atoms with Crippen LogP contribution in [0.5, 0.6) is 5.75 Å². The molecule has 1 aromatic heterocycles. The number of nitrogens with zero attached hydrogens (tertiary/aromatic N) is 4. The summed E-state index contributed by atoms with van der Waals surface area (Å²) in [6.07, 6.45) is 5.91. The maximum absolute atomic E-state index is 12.8. The first-order valence-electron chi connectivity index (χ1n) is 12.2. The second-order valence-corrected chi connectivity index (χ2v) is 8.86. The van der Waals surface area contributed by atoms with Crippen molar-refractivity contribution in [2.75, 3.05) is 39.3 Å². The third kappa shape index (κ3) is 6.92. The van der Waals surface area contributed by atoms with E-state index in [-0.39, 0.29) is 11.7 Å². The highest BCUT2D eigenvalue weighted by Gasteiger charge is 2.22. The lowest BCUT2D eigenvalue weighted by molar-refractivity contribution is 0.197. The van der Waals surface area contributed by atoms with Crippen molar-refractivity contribution in [1.82, 2.24) is 24.6 Å². The molecule has 2 aromatic carbocycles. The lowest BCUT2D eigenvalue weighted by Crippen LogP contribution is -2.38.